The Balaban J connectivity index is 1.61. The number of imidazole rings is 1. The third-order valence-electron chi connectivity index (χ3n) is 5.69. The molecule has 4 heteroatoms. The molecule has 0 aliphatic heterocycles. The largest absolute Gasteiger partial charge is 0.493 e. The Bertz CT molecular complexity index is 1210. The zero-order valence-corrected chi connectivity index (χ0v) is 19.0. The molecule has 32 heavy (non-hydrogen) atoms. The van der Waals surface area contributed by atoms with Crippen LogP contribution in [0, 0.1) is 0 Å². The van der Waals surface area contributed by atoms with Crippen molar-refractivity contribution in [1.82, 2.24) is 9.55 Å². The van der Waals surface area contributed by atoms with Crippen molar-refractivity contribution in [2.75, 3.05) is 7.11 Å². The number of allylic oxidation sites excluding steroid dienone is 1. The highest BCUT2D eigenvalue weighted by Gasteiger charge is 2.13. The van der Waals surface area contributed by atoms with Crippen LogP contribution in [0.5, 0.6) is 11.5 Å². The Hall–Kier alpha value is -3.53. The lowest BCUT2D eigenvalue weighted by Crippen LogP contribution is -2.09. The van der Waals surface area contributed by atoms with Crippen LogP contribution in [0.1, 0.15) is 42.3 Å². The van der Waals surface area contributed by atoms with Gasteiger partial charge >= 0.3 is 0 Å². The molecule has 0 unspecified atom stereocenters. The summed E-state index contributed by atoms with van der Waals surface area (Å²) in [5, 5.41) is 0. The quantitative estimate of drug-likeness (QED) is 0.286. The molecule has 0 bridgehead atoms. The van der Waals surface area contributed by atoms with Crippen molar-refractivity contribution in [2.45, 2.75) is 39.3 Å². The summed E-state index contributed by atoms with van der Waals surface area (Å²) in [6.45, 7) is 9.33. The summed E-state index contributed by atoms with van der Waals surface area (Å²) in [6, 6.07) is 23.0. The summed E-state index contributed by atoms with van der Waals surface area (Å²) >= 11 is 0. The third-order valence-corrected chi connectivity index (χ3v) is 5.69. The van der Waals surface area contributed by atoms with Crippen molar-refractivity contribution in [3.63, 3.8) is 0 Å². The molecule has 3 aromatic carbocycles. The van der Waals surface area contributed by atoms with Gasteiger partial charge in [-0.25, -0.2) is 4.98 Å². The summed E-state index contributed by atoms with van der Waals surface area (Å²) in [6.07, 6.45) is 2.67. The lowest BCUT2D eigenvalue weighted by atomic mass is 10.0. The SMILES string of the molecule is C=CCc1ccc(OCc2nc3ccccc3n2Cc2ccc(C(C)C)cc2)c(OC)c1. The van der Waals surface area contributed by atoms with Crippen molar-refractivity contribution in [3.05, 3.63) is 102 Å². The van der Waals surface area contributed by atoms with E-state index in [9.17, 15) is 0 Å². The minimum absolute atomic E-state index is 0.357. The number of fused-ring (bicyclic) bond motifs is 1. The van der Waals surface area contributed by atoms with Gasteiger partial charge in [0, 0.05) is 6.54 Å². The molecule has 0 aliphatic carbocycles. The van der Waals surface area contributed by atoms with E-state index in [1.165, 1.54) is 11.1 Å². The van der Waals surface area contributed by atoms with Gasteiger partial charge in [-0.1, -0.05) is 62.4 Å². The third kappa shape index (κ3) is 4.70. The van der Waals surface area contributed by atoms with Crippen LogP contribution in [0.25, 0.3) is 11.0 Å². The standard InChI is InChI=1S/C28H30N2O2/c1-5-8-21-13-16-26(27(17-21)31-4)32-19-28-29-24-9-6-7-10-25(24)30(28)18-22-11-14-23(15-12-22)20(2)3/h5-7,9-17,20H,1,8,18-19H2,2-4H3. The van der Waals surface area contributed by atoms with E-state index in [4.69, 9.17) is 14.5 Å². The van der Waals surface area contributed by atoms with Gasteiger partial charge in [0.25, 0.3) is 0 Å². The monoisotopic (exact) mass is 426 g/mol. The molecule has 0 spiro atoms. The maximum absolute atomic E-state index is 6.17. The van der Waals surface area contributed by atoms with E-state index in [1.54, 1.807) is 7.11 Å². The Morgan fingerprint density at radius 2 is 1.72 bits per heavy atom. The first-order valence-electron chi connectivity index (χ1n) is 11.0. The molecule has 0 amide bonds. The van der Waals surface area contributed by atoms with Gasteiger partial charge in [0.15, 0.2) is 11.5 Å². The molecular formula is C28H30N2O2. The van der Waals surface area contributed by atoms with Gasteiger partial charge in [-0.3, -0.25) is 0 Å². The van der Waals surface area contributed by atoms with Crippen LogP contribution in [-0.4, -0.2) is 16.7 Å². The second-order valence-electron chi connectivity index (χ2n) is 8.27. The molecule has 0 N–H and O–H groups in total. The summed E-state index contributed by atoms with van der Waals surface area (Å²) < 4.78 is 14.0. The van der Waals surface area contributed by atoms with Gasteiger partial charge in [-0.15, -0.1) is 6.58 Å². The fourth-order valence-corrected chi connectivity index (χ4v) is 3.87. The van der Waals surface area contributed by atoms with Gasteiger partial charge in [0.2, 0.25) is 0 Å². The van der Waals surface area contributed by atoms with Gasteiger partial charge < -0.3 is 14.0 Å². The molecule has 0 aliphatic rings. The van der Waals surface area contributed by atoms with Crippen molar-refractivity contribution in [2.24, 2.45) is 0 Å². The van der Waals surface area contributed by atoms with Crippen molar-refractivity contribution in [1.29, 1.82) is 0 Å². The highest BCUT2D eigenvalue weighted by Crippen LogP contribution is 2.29. The first-order valence-corrected chi connectivity index (χ1v) is 11.0. The Morgan fingerprint density at radius 3 is 2.44 bits per heavy atom. The molecule has 4 rings (SSSR count). The van der Waals surface area contributed by atoms with Crippen molar-refractivity contribution in [3.8, 4) is 11.5 Å². The van der Waals surface area contributed by atoms with Gasteiger partial charge in [0.1, 0.15) is 12.4 Å². The second kappa shape index (κ2) is 9.73. The number of benzene rings is 3. The summed E-state index contributed by atoms with van der Waals surface area (Å²) in [4.78, 5) is 4.86. The van der Waals surface area contributed by atoms with Gasteiger partial charge in [0.05, 0.1) is 18.1 Å². The number of nitrogens with zero attached hydrogens (tertiary/aromatic N) is 2. The molecule has 4 nitrogen and oxygen atoms in total. The van der Waals surface area contributed by atoms with Crippen LogP contribution in [0.2, 0.25) is 0 Å². The van der Waals surface area contributed by atoms with E-state index in [-0.39, 0.29) is 0 Å². The average molecular weight is 427 g/mol. The predicted molar refractivity (Wildman–Crippen MR) is 131 cm³/mol. The molecule has 0 fully saturated rings. The number of hydrogen-bond donors (Lipinski definition) is 0. The van der Waals surface area contributed by atoms with Crippen LogP contribution in [0.15, 0.2) is 79.4 Å². The highest BCUT2D eigenvalue weighted by atomic mass is 16.5. The second-order valence-corrected chi connectivity index (χ2v) is 8.27. The Labute approximate surface area is 190 Å². The molecule has 164 valence electrons. The summed E-state index contributed by atoms with van der Waals surface area (Å²) in [7, 11) is 1.66. The zero-order chi connectivity index (χ0) is 22.5. The first kappa shape index (κ1) is 21.7. The van der Waals surface area contributed by atoms with E-state index in [2.05, 4.69) is 55.3 Å². The molecule has 1 heterocycles. The number of para-hydroxylation sites is 2. The predicted octanol–water partition coefficient (Wildman–Crippen LogP) is 6.52. The fourth-order valence-electron chi connectivity index (χ4n) is 3.87. The molecule has 0 saturated heterocycles. The van der Waals surface area contributed by atoms with Crippen LogP contribution in [0.3, 0.4) is 0 Å². The summed E-state index contributed by atoms with van der Waals surface area (Å²) in [5.74, 6) is 2.84. The summed E-state index contributed by atoms with van der Waals surface area (Å²) in [5.41, 5.74) is 5.80. The maximum Gasteiger partial charge on any atom is 0.161 e. The van der Waals surface area contributed by atoms with E-state index >= 15 is 0 Å². The first-order chi connectivity index (χ1) is 15.6. The van der Waals surface area contributed by atoms with Gasteiger partial charge in [-0.05, 0) is 53.3 Å². The van der Waals surface area contributed by atoms with Crippen molar-refractivity contribution >= 4 is 11.0 Å². The number of hydrogen-bond acceptors (Lipinski definition) is 3. The van der Waals surface area contributed by atoms with Gasteiger partial charge in [-0.2, -0.15) is 0 Å². The molecule has 1 aromatic heterocycles. The van der Waals surface area contributed by atoms with Crippen LogP contribution in [0.4, 0.5) is 0 Å². The molecule has 0 saturated carbocycles. The molecular weight excluding hydrogens is 396 g/mol. The lowest BCUT2D eigenvalue weighted by Gasteiger charge is -2.14. The normalized spacial score (nSPS) is 11.1. The Kier molecular flexibility index (Phi) is 6.60. The Morgan fingerprint density at radius 1 is 0.969 bits per heavy atom. The minimum atomic E-state index is 0.357. The zero-order valence-electron chi connectivity index (χ0n) is 19.0. The van der Waals surface area contributed by atoms with E-state index in [0.29, 0.717) is 18.3 Å². The highest BCUT2D eigenvalue weighted by molar-refractivity contribution is 5.76. The fraction of sp³-hybridized carbons (Fsp3) is 0.250. The van der Waals surface area contributed by atoms with Crippen molar-refractivity contribution < 1.29 is 9.47 Å². The van der Waals surface area contributed by atoms with Crippen LogP contribution < -0.4 is 9.47 Å². The number of ether oxygens (including phenoxy) is 2. The lowest BCUT2D eigenvalue weighted by molar-refractivity contribution is 0.272. The van der Waals surface area contributed by atoms with Crippen LogP contribution >= 0.6 is 0 Å². The number of aromatic nitrogens is 2. The molecule has 4 aromatic rings. The average Bonchev–Trinajstić information content (AvgIpc) is 3.16. The van der Waals surface area contributed by atoms with Crippen LogP contribution in [-0.2, 0) is 19.6 Å². The van der Waals surface area contributed by atoms with E-state index in [1.807, 2.05) is 42.5 Å². The molecule has 0 radical (unpaired) electrons. The molecule has 0 atom stereocenters. The number of rotatable bonds is 9. The van der Waals surface area contributed by atoms with E-state index < -0.39 is 0 Å². The van der Waals surface area contributed by atoms with E-state index in [0.717, 1.165) is 41.1 Å². The minimum Gasteiger partial charge on any atom is -0.493 e. The topological polar surface area (TPSA) is 36.3 Å². The maximum atomic E-state index is 6.17. The number of methoxy groups -OCH3 is 1. The smallest absolute Gasteiger partial charge is 0.161 e.